The van der Waals surface area contributed by atoms with Gasteiger partial charge in [0.1, 0.15) is 0 Å². The zero-order valence-electron chi connectivity index (χ0n) is 9.99. The molecule has 0 fully saturated rings. The lowest BCUT2D eigenvalue weighted by Gasteiger charge is -2.29. The summed E-state index contributed by atoms with van der Waals surface area (Å²) in [6, 6.07) is 9.80. The number of nitrogens with one attached hydrogen (secondary N) is 1. The molecule has 0 amide bonds. The highest BCUT2D eigenvalue weighted by atomic mass is 16.3. The predicted molar refractivity (Wildman–Crippen MR) is 63.8 cm³/mol. The molecule has 2 atom stereocenters. The monoisotopic (exact) mass is 207 g/mol. The lowest BCUT2D eigenvalue weighted by atomic mass is 10.0. The van der Waals surface area contributed by atoms with Gasteiger partial charge >= 0.3 is 0 Å². The topological polar surface area (TPSA) is 32.3 Å². The Morgan fingerprint density at radius 2 is 1.67 bits per heavy atom. The van der Waals surface area contributed by atoms with Crippen molar-refractivity contribution >= 4 is 0 Å². The SMILES string of the molecule is C[C@@H](NC(C)(C)C)[C@H](O)c1ccccc1. The Hall–Kier alpha value is -0.860. The van der Waals surface area contributed by atoms with Crippen molar-refractivity contribution in [3.8, 4) is 0 Å². The summed E-state index contributed by atoms with van der Waals surface area (Å²) in [5.74, 6) is 0. The molecule has 0 aliphatic heterocycles. The summed E-state index contributed by atoms with van der Waals surface area (Å²) in [6.07, 6.45) is -0.453. The summed E-state index contributed by atoms with van der Waals surface area (Å²) in [5, 5.41) is 13.5. The van der Waals surface area contributed by atoms with Gasteiger partial charge in [-0.2, -0.15) is 0 Å². The Labute approximate surface area is 92.3 Å². The average molecular weight is 207 g/mol. The third-order valence-electron chi connectivity index (χ3n) is 2.28. The fraction of sp³-hybridized carbons (Fsp3) is 0.538. The van der Waals surface area contributed by atoms with Gasteiger partial charge in [0, 0.05) is 11.6 Å². The summed E-state index contributed by atoms with van der Waals surface area (Å²) in [5.41, 5.74) is 0.983. The van der Waals surface area contributed by atoms with Crippen molar-refractivity contribution in [2.24, 2.45) is 0 Å². The first-order valence-electron chi connectivity index (χ1n) is 5.41. The number of hydrogen-bond donors (Lipinski definition) is 2. The van der Waals surface area contributed by atoms with Crippen molar-refractivity contribution in [3.63, 3.8) is 0 Å². The molecule has 0 saturated heterocycles. The van der Waals surface area contributed by atoms with Crippen molar-refractivity contribution < 1.29 is 5.11 Å². The molecule has 2 heteroatoms. The van der Waals surface area contributed by atoms with Gasteiger partial charge in [0.2, 0.25) is 0 Å². The predicted octanol–water partition coefficient (Wildman–Crippen LogP) is 2.50. The van der Waals surface area contributed by atoms with Crippen molar-refractivity contribution in [2.45, 2.75) is 45.4 Å². The molecule has 15 heavy (non-hydrogen) atoms. The van der Waals surface area contributed by atoms with E-state index in [-0.39, 0.29) is 11.6 Å². The van der Waals surface area contributed by atoms with Crippen LogP contribution in [0.2, 0.25) is 0 Å². The molecule has 84 valence electrons. The number of aliphatic hydroxyl groups excluding tert-OH is 1. The normalized spacial score (nSPS) is 16.1. The van der Waals surface area contributed by atoms with Gasteiger partial charge in [-0.15, -0.1) is 0 Å². The van der Waals surface area contributed by atoms with E-state index in [0.717, 1.165) is 5.56 Å². The standard InChI is InChI=1S/C13H21NO/c1-10(14-13(2,3)4)12(15)11-8-6-5-7-9-11/h5-10,12,14-15H,1-4H3/t10-,12+/m1/s1. The van der Waals surface area contributed by atoms with E-state index in [1.165, 1.54) is 0 Å². The number of aliphatic hydroxyl groups is 1. The van der Waals surface area contributed by atoms with Crippen LogP contribution in [-0.4, -0.2) is 16.7 Å². The van der Waals surface area contributed by atoms with Gasteiger partial charge in [-0.25, -0.2) is 0 Å². The Kier molecular flexibility index (Phi) is 3.89. The Bertz CT molecular complexity index is 289. The molecular weight excluding hydrogens is 186 g/mol. The first-order chi connectivity index (χ1) is 6.90. The highest BCUT2D eigenvalue weighted by Crippen LogP contribution is 2.17. The molecule has 1 aromatic rings. The zero-order chi connectivity index (χ0) is 11.5. The van der Waals surface area contributed by atoms with Crippen LogP contribution in [0.4, 0.5) is 0 Å². The second-order valence-electron chi connectivity index (χ2n) is 5.04. The van der Waals surface area contributed by atoms with Crippen LogP contribution in [0, 0.1) is 0 Å². The molecule has 0 heterocycles. The summed E-state index contributed by atoms with van der Waals surface area (Å²) in [4.78, 5) is 0. The van der Waals surface area contributed by atoms with E-state index in [1.54, 1.807) is 0 Å². The Balaban J connectivity index is 2.65. The molecule has 1 aromatic carbocycles. The van der Waals surface area contributed by atoms with E-state index in [0.29, 0.717) is 0 Å². The third-order valence-corrected chi connectivity index (χ3v) is 2.28. The van der Waals surface area contributed by atoms with Gasteiger partial charge in [0.05, 0.1) is 6.10 Å². The molecule has 0 saturated carbocycles. The van der Waals surface area contributed by atoms with E-state index in [9.17, 15) is 5.11 Å². The van der Waals surface area contributed by atoms with Crippen LogP contribution in [0.3, 0.4) is 0 Å². The molecule has 0 bridgehead atoms. The van der Waals surface area contributed by atoms with E-state index in [4.69, 9.17) is 0 Å². The third kappa shape index (κ3) is 4.02. The van der Waals surface area contributed by atoms with Crippen LogP contribution in [0.5, 0.6) is 0 Å². The fourth-order valence-corrected chi connectivity index (χ4v) is 1.70. The maximum absolute atomic E-state index is 10.1. The average Bonchev–Trinajstić information content (AvgIpc) is 2.15. The second kappa shape index (κ2) is 4.77. The van der Waals surface area contributed by atoms with Crippen LogP contribution in [0.15, 0.2) is 30.3 Å². The molecule has 0 spiro atoms. The highest BCUT2D eigenvalue weighted by Gasteiger charge is 2.20. The molecule has 1 rings (SSSR count). The number of hydrogen-bond acceptors (Lipinski definition) is 2. The van der Waals surface area contributed by atoms with E-state index < -0.39 is 6.10 Å². The molecule has 0 radical (unpaired) electrons. The van der Waals surface area contributed by atoms with Crippen molar-refractivity contribution in [1.82, 2.24) is 5.32 Å². The smallest absolute Gasteiger partial charge is 0.0940 e. The maximum atomic E-state index is 10.1. The van der Waals surface area contributed by atoms with Gasteiger partial charge in [-0.1, -0.05) is 30.3 Å². The number of rotatable bonds is 3. The summed E-state index contributed by atoms with van der Waals surface area (Å²) in [6.45, 7) is 8.30. The highest BCUT2D eigenvalue weighted by molar-refractivity contribution is 5.18. The van der Waals surface area contributed by atoms with Gasteiger partial charge in [-0.05, 0) is 33.3 Å². The van der Waals surface area contributed by atoms with Crippen LogP contribution in [0.1, 0.15) is 39.4 Å². The lowest BCUT2D eigenvalue weighted by molar-refractivity contribution is 0.121. The molecule has 0 aromatic heterocycles. The largest absolute Gasteiger partial charge is 0.387 e. The minimum atomic E-state index is -0.453. The van der Waals surface area contributed by atoms with E-state index in [1.807, 2.05) is 37.3 Å². The summed E-state index contributed by atoms with van der Waals surface area (Å²) >= 11 is 0. The van der Waals surface area contributed by atoms with Crippen LogP contribution in [-0.2, 0) is 0 Å². The number of benzene rings is 1. The van der Waals surface area contributed by atoms with Crippen molar-refractivity contribution in [3.05, 3.63) is 35.9 Å². The van der Waals surface area contributed by atoms with Crippen molar-refractivity contribution in [1.29, 1.82) is 0 Å². The maximum Gasteiger partial charge on any atom is 0.0940 e. The quantitative estimate of drug-likeness (QED) is 0.798. The lowest BCUT2D eigenvalue weighted by Crippen LogP contribution is -2.44. The van der Waals surface area contributed by atoms with Gasteiger partial charge in [-0.3, -0.25) is 0 Å². The minimum absolute atomic E-state index is 0.0230. The first kappa shape index (κ1) is 12.2. The Morgan fingerprint density at radius 3 is 2.13 bits per heavy atom. The van der Waals surface area contributed by atoms with Gasteiger partial charge < -0.3 is 10.4 Å². The summed E-state index contributed by atoms with van der Waals surface area (Å²) in [7, 11) is 0. The first-order valence-corrected chi connectivity index (χ1v) is 5.41. The minimum Gasteiger partial charge on any atom is -0.387 e. The Morgan fingerprint density at radius 1 is 1.13 bits per heavy atom. The molecule has 0 unspecified atom stereocenters. The zero-order valence-corrected chi connectivity index (χ0v) is 9.99. The van der Waals surface area contributed by atoms with Crippen LogP contribution in [0.25, 0.3) is 0 Å². The van der Waals surface area contributed by atoms with Gasteiger partial charge in [0.15, 0.2) is 0 Å². The van der Waals surface area contributed by atoms with E-state index >= 15 is 0 Å². The molecular formula is C13H21NO. The van der Waals surface area contributed by atoms with Crippen molar-refractivity contribution in [2.75, 3.05) is 0 Å². The van der Waals surface area contributed by atoms with Crippen LogP contribution < -0.4 is 5.32 Å². The van der Waals surface area contributed by atoms with Crippen LogP contribution >= 0.6 is 0 Å². The molecule has 0 aliphatic rings. The molecule has 0 aliphatic carbocycles. The van der Waals surface area contributed by atoms with E-state index in [2.05, 4.69) is 26.1 Å². The van der Waals surface area contributed by atoms with Gasteiger partial charge in [0.25, 0.3) is 0 Å². The molecule has 2 nitrogen and oxygen atoms in total. The second-order valence-corrected chi connectivity index (χ2v) is 5.04. The fourth-order valence-electron chi connectivity index (χ4n) is 1.70. The summed E-state index contributed by atoms with van der Waals surface area (Å²) < 4.78 is 0. The molecule has 2 N–H and O–H groups in total.